The first-order chi connectivity index (χ1) is 13.8. The minimum atomic E-state index is -0.824. The molecule has 154 valence electrons. The second kappa shape index (κ2) is 7.89. The maximum Gasteiger partial charge on any atom is 0.326 e. The number of amides is 3. The molecular weight excluding hydrogens is 487 g/mol. The highest BCUT2D eigenvalue weighted by molar-refractivity contribution is 9.10. The van der Waals surface area contributed by atoms with E-state index in [4.69, 9.17) is 27.9 Å². The highest BCUT2D eigenvalue weighted by atomic mass is 79.9. The molecule has 2 aliphatic carbocycles. The van der Waals surface area contributed by atoms with Gasteiger partial charge >= 0.3 is 5.97 Å². The number of ether oxygens (including phenoxy) is 1. The molecule has 2 saturated carbocycles. The lowest BCUT2D eigenvalue weighted by Gasteiger charge is -2.28. The zero-order chi connectivity index (χ0) is 20.9. The lowest BCUT2D eigenvalue weighted by atomic mass is 9.80. The summed E-state index contributed by atoms with van der Waals surface area (Å²) < 4.78 is 5.80. The van der Waals surface area contributed by atoms with Crippen molar-refractivity contribution >= 4 is 68.5 Å². The van der Waals surface area contributed by atoms with Gasteiger partial charge in [0.1, 0.15) is 6.54 Å². The molecule has 1 heterocycles. The monoisotopic (exact) mass is 502 g/mol. The summed E-state index contributed by atoms with van der Waals surface area (Å²) in [4.78, 5) is 50.3. The Hall–Kier alpha value is -1.64. The fourth-order valence-electron chi connectivity index (χ4n) is 4.62. The van der Waals surface area contributed by atoms with E-state index in [1.165, 1.54) is 0 Å². The Bertz CT molecular complexity index is 848. The topological polar surface area (TPSA) is 92.8 Å². The van der Waals surface area contributed by atoms with Gasteiger partial charge in [0, 0.05) is 10.2 Å². The number of alkyl halides is 2. The van der Waals surface area contributed by atoms with Crippen LogP contribution in [0, 0.1) is 23.7 Å². The predicted octanol–water partition coefficient (Wildman–Crippen LogP) is 2.40. The van der Waals surface area contributed by atoms with Crippen LogP contribution in [0.15, 0.2) is 28.7 Å². The molecule has 0 spiro atoms. The first-order valence-corrected chi connectivity index (χ1v) is 10.8. The van der Waals surface area contributed by atoms with E-state index in [1.807, 2.05) is 0 Å². The van der Waals surface area contributed by atoms with Gasteiger partial charge in [-0.05, 0) is 42.5 Å². The van der Waals surface area contributed by atoms with Gasteiger partial charge in [-0.15, -0.1) is 23.2 Å². The summed E-state index contributed by atoms with van der Waals surface area (Å²) in [6, 6.07) is 6.89. The molecule has 7 nitrogen and oxygen atoms in total. The smallest absolute Gasteiger partial charge is 0.326 e. The zero-order valence-corrected chi connectivity index (χ0v) is 18.1. The second-order valence-corrected chi connectivity index (χ2v) is 9.41. The maximum absolute atomic E-state index is 12.7. The largest absolute Gasteiger partial charge is 0.454 e. The molecule has 6 atom stereocenters. The van der Waals surface area contributed by atoms with Crippen LogP contribution in [0.5, 0.6) is 0 Å². The molecule has 0 aromatic heterocycles. The minimum absolute atomic E-state index is 0.150. The van der Waals surface area contributed by atoms with Crippen LogP contribution in [0.3, 0.4) is 0 Å². The van der Waals surface area contributed by atoms with Crippen molar-refractivity contribution in [1.82, 2.24) is 4.90 Å². The molecule has 1 N–H and O–H groups in total. The number of anilines is 1. The number of carbonyl (C=O) groups excluding carboxylic acids is 4. The normalized spacial score (nSPS) is 32.4. The lowest BCUT2D eigenvalue weighted by molar-refractivity contribution is -0.154. The van der Waals surface area contributed by atoms with E-state index in [2.05, 4.69) is 21.2 Å². The Morgan fingerprint density at radius 2 is 1.62 bits per heavy atom. The quantitative estimate of drug-likeness (QED) is 0.378. The van der Waals surface area contributed by atoms with Crippen molar-refractivity contribution in [2.75, 3.05) is 18.5 Å². The molecule has 2 bridgehead atoms. The van der Waals surface area contributed by atoms with Crippen LogP contribution < -0.4 is 5.32 Å². The Kier molecular flexibility index (Phi) is 5.61. The number of hydrogen-bond acceptors (Lipinski definition) is 5. The number of hydrogen-bond donors (Lipinski definition) is 1. The average molecular weight is 504 g/mol. The van der Waals surface area contributed by atoms with E-state index in [9.17, 15) is 19.2 Å². The number of carbonyl (C=O) groups is 4. The van der Waals surface area contributed by atoms with Crippen LogP contribution in [0.25, 0.3) is 0 Å². The molecule has 0 radical (unpaired) electrons. The van der Waals surface area contributed by atoms with Gasteiger partial charge in [-0.3, -0.25) is 24.1 Å². The fourth-order valence-corrected chi connectivity index (χ4v) is 5.77. The summed E-state index contributed by atoms with van der Waals surface area (Å²) in [5.74, 6) is -3.49. The highest BCUT2D eigenvalue weighted by Crippen LogP contribution is 2.59. The summed E-state index contributed by atoms with van der Waals surface area (Å²) >= 11 is 15.9. The molecule has 4 rings (SSSR count). The van der Waals surface area contributed by atoms with E-state index in [0.29, 0.717) is 12.1 Å². The first kappa shape index (κ1) is 20.6. The number of benzene rings is 1. The van der Waals surface area contributed by atoms with Crippen molar-refractivity contribution in [3.63, 3.8) is 0 Å². The van der Waals surface area contributed by atoms with Crippen LogP contribution in [-0.4, -0.2) is 52.5 Å². The van der Waals surface area contributed by atoms with E-state index < -0.39 is 48.7 Å². The van der Waals surface area contributed by atoms with Gasteiger partial charge in [0.25, 0.3) is 5.91 Å². The second-order valence-electron chi connectivity index (χ2n) is 7.48. The number of imide groups is 1. The molecule has 1 aromatic rings. The molecular formula is C19H17BrCl2N2O5. The Morgan fingerprint density at radius 1 is 1.07 bits per heavy atom. The third kappa shape index (κ3) is 3.66. The Morgan fingerprint density at radius 3 is 2.17 bits per heavy atom. The average Bonchev–Trinajstić information content (AvgIpc) is 3.29. The van der Waals surface area contributed by atoms with Crippen molar-refractivity contribution < 1.29 is 23.9 Å². The third-order valence-electron chi connectivity index (χ3n) is 5.86. The molecule has 29 heavy (non-hydrogen) atoms. The van der Waals surface area contributed by atoms with Gasteiger partial charge in [-0.2, -0.15) is 0 Å². The third-order valence-corrected chi connectivity index (χ3v) is 7.71. The first-order valence-electron chi connectivity index (χ1n) is 9.12. The number of likely N-dealkylation sites (tertiary alicyclic amines) is 1. The zero-order valence-electron chi connectivity index (χ0n) is 15.0. The van der Waals surface area contributed by atoms with E-state index in [-0.39, 0.29) is 22.6 Å². The molecule has 1 aromatic carbocycles. The van der Waals surface area contributed by atoms with Crippen LogP contribution in [0.1, 0.15) is 6.42 Å². The van der Waals surface area contributed by atoms with Crippen molar-refractivity contribution in [3.8, 4) is 0 Å². The number of nitrogens with zero attached hydrogens (tertiary/aromatic N) is 1. The molecule has 0 unspecified atom stereocenters. The van der Waals surface area contributed by atoms with Gasteiger partial charge in [0.2, 0.25) is 11.8 Å². The highest BCUT2D eigenvalue weighted by Gasteiger charge is 2.66. The summed E-state index contributed by atoms with van der Waals surface area (Å²) in [6.07, 6.45) is 0.656. The van der Waals surface area contributed by atoms with Crippen LogP contribution in [0.4, 0.5) is 5.69 Å². The molecule has 3 fully saturated rings. The van der Waals surface area contributed by atoms with Gasteiger partial charge < -0.3 is 10.1 Å². The standard InChI is InChI=1S/C19H17BrCl2N2O5/c20-8-1-3-9(4-2-8)23-12(25)7-29-13(26)6-24-18(27)14-10-5-11(15(14)19(24)28)17(22)16(10)21/h1-4,10-11,14-17H,5-7H2,(H,23,25)/t10-,11-,14-,15+,16+,17+/m1/s1. The van der Waals surface area contributed by atoms with E-state index in [1.54, 1.807) is 24.3 Å². The number of esters is 1. The van der Waals surface area contributed by atoms with Gasteiger partial charge in [0.15, 0.2) is 6.61 Å². The fraction of sp³-hybridized carbons (Fsp3) is 0.474. The number of fused-ring (bicyclic) bond motifs is 5. The van der Waals surface area contributed by atoms with Crippen LogP contribution in [-0.2, 0) is 23.9 Å². The van der Waals surface area contributed by atoms with Gasteiger partial charge in [-0.1, -0.05) is 15.9 Å². The van der Waals surface area contributed by atoms with Crippen LogP contribution in [0.2, 0.25) is 0 Å². The molecule has 1 saturated heterocycles. The van der Waals surface area contributed by atoms with Gasteiger partial charge in [-0.25, -0.2) is 0 Å². The summed E-state index contributed by atoms with van der Waals surface area (Å²) in [7, 11) is 0. The number of rotatable bonds is 5. The molecule has 3 amide bonds. The molecule has 10 heteroatoms. The van der Waals surface area contributed by atoms with Crippen molar-refractivity contribution in [2.24, 2.45) is 23.7 Å². The number of nitrogens with one attached hydrogen (secondary N) is 1. The van der Waals surface area contributed by atoms with Crippen molar-refractivity contribution in [3.05, 3.63) is 28.7 Å². The Labute approximate surface area is 185 Å². The predicted molar refractivity (Wildman–Crippen MR) is 108 cm³/mol. The van der Waals surface area contributed by atoms with E-state index in [0.717, 1.165) is 9.37 Å². The van der Waals surface area contributed by atoms with Gasteiger partial charge in [0.05, 0.1) is 22.6 Å². The SMILES string of the molecule is O=C(COC(=O)CN1C(=O)[C@@H]2[C@H]3C[C@@H]([C@H](Cl)[C@H]3Cl)[C@@H]2C1=O)Nc1ccc(Br)cc1. The minimum Gasteiger partial charge on any atom is -0.454 e. The van der Waals surface area contributed by atoms with Crippen molar-refractivity contribution in [1.29, 1.82) is 0 Å². The Balaban J connectivity index is 1.31. The maximum atomic E-state index is 12.7. The molecule has 3 aliphatic rings. The van der Waals surface area contributed by atoms with Crippen molar-refractivity contribution in [2.45, 2.75) is 17.2 Å². The molecule has 1 aliphatic heterocycles. The van der Waals surface area contributed by atoms with E-state index >= 15 is 0 Å². The lowest BCUT2D eigenvalue weighted by Crippen LogP contribution is -2.38. The number of halogens is 3. The summed E-state index contributed by atoms with van der Waals surface area (Å²) in [5, 5.41) is 1.88. The van der Waals surface area contributed by atoms with Crippen LogP contribution >= 0.6 is 39.1 Å². The summed E-state index contributed by atoms with van der Waals surface area (Å²) in [5.41, 5.74) is 0.550. The summed E-state index contributed by atoms with van der Waals surface area (Å²) in [6.45, 7) is -1.04.